The van der Waals surface area contributed by atoms with E-state index in [0.717, 1.165) is 21.4 Å². The van der Waals surface area contributed by atoms with Crippen molar-refractivity contribution in [3.63, 3.8) is 0 Å². The molecule has 9 nitrogen and oxygen atoms in total. The van der Waals surface area contributed by atoms with Gasteiger partial charge in [-0.3, -0.25) is 13.9 Å². The van der Waals surface area contributed by atoms with Gasteiger partial charge in [0.15, 0.2) is 11.2 Å². The number of anilines is 1. The van der Waals surface area contributed by atoms with Gasteiger partial charge >= 0.3 is 5.69 Å². The Bertz CT molecular complexity index is 1380. The SMILES string of the molecule is Cn1c(=O)c2c(nc(N/N=C\c3cccc(OCc4ccccc4)c3)n2C)n(C)c1=O. The summed E-state index contributed by atoms with van der Waals surface area (Å²) in [6.07, 6.45) is 1.63. The molecule has 0 saturated heterocycles. The van der Waals surface area contributed by atoms with E-state index in [9.17, 15) is 9.59 Å². The highest BCUT2D eigenvalue weighted by Gasteiger charge is 2.16. The zero-order chi connectivity index (χ0) is 22.0. The molecule has 0 spiro atoms. The zero-order valence-electron chi connectivity index (χ0n) is 17.4. The van der Waals surface area contributed by atoms with Gasteiger partial charge in [-0.1, -0.05) is 42.5 Å². The van der Waals surface area contributed by atoms with Crippen LogP contribution in [-0.4, -0.2) is 24.9 Å². The molecule has 0 bridgehead atoms. The summed E-state index contributed by atoms with van der Waals surface area (Å²) >= 11 is 0. The average molecular weight is 418 g/mol. The first-order valence-corrected chi connectivity index (χ1v) is 9.64. The fourth-order valence-electron chi connectivity index (χ4n) is 3.21. The third kappa shape index (κ3) is 3.97. The lowest BCUT2D eigenvalue weighted by Gasteiger charge is -2.06. The van der Waals surface area contributed by atoms with E-state index in [4.69, 9.17) is 4.74 Å². The topological polar surface area (TPSA) is 95.4 Å². The van der Waals surface area contributed by atoms with Crippen LogP contribution in [-0.2, 0) is 27.7 Å². The number of hydrogen-bond acceptors (Lipinski definition) is 6. The number of nitrogens with zero attached hydrogens (tertiary/aromatic N) is 5. The summed E-state index contributed by atoms with van der Waals surface area (Å²) in [6, 6.07) is 17.5. The highest BCUT2D eigenvalue weighted by Crippen LogP contribution is 2.15. The number of fused-ring (bicyclic) bond motifs is 1. The van der Waals surface area contributed by atoms with Crippen LogP contribution in [0.4, 0.5) is 5.95 Å². The summed E-state index contributed by atoms with van der Waals surface area (Å²) in [7, 11) is 4.71. The monoisotopic (exact) mass is 418 g/mol. The lowest BCUT2D eigenvalue weighted by atomic mass is 10.2. The van der Waals surface area contributed by atoms with Crippen LogP contribution in [0.5, 0.6) is 5.75 Å². The lowest BCUT2D eigenvalue weighted by Crippen LogP contribution is -2.37. The summed E-state index contributed by atoms with van der Waals surface area (Å²) in [6.45, 7) is 0.479. The van der Waals surface area contributed by atoms with Crippen LogP contribution in [0.2, 0.25) is 0 Å². The molecular formula is C22H22N6O3. The molecule has 0 aliphatic rings. The number of imidazole rings is 1. The first-order chi connectivity index (χ1) is 15.0. The van der Waals surface area contributed by atoms with Crippen LogP contribution in [0.25, 0.3) is 11.2 Å². The Hall–Kier alpha value is -4.14. The quantitative estimate of drug-likeness (QED) is 0.382. The van der Waals surface area contributed by atoms with E-state index in [0.29, 0.717) is 23.7 Å². The Kier molecular flexibility index (Phi) is 5.40. The summed E-state index contributed by atoms with van der Waals surface area (Å²) in [5, 5.41) is 4.22. The van der Waals surface area contributed by atoms with Gasteiger partial charge in [0.1, 0.15) is 12.4 Å². The van der Waals surface area contributed by atoms with Crippen molar-refractivity contribution in [3.8, 4) is 5.75 Å². The van der Waals surface area contributed by atoms with Gasteiger partial charge in [-0.2, -0.15) is 10.1 Å². The second-order valence-corrected chi connectivity index (χ2v) is 7.09. The molecule has 0 aliphatic carbocycles. The molecule has 158 valence electrons. The number of benzene rings is 2. The van der Waals surface area contributed by atoms with Crippen LogP contribution < -0.4 is 21.4 Å². The number of nitrogens with one attached hydrogen (secondary N) is 1. The molecule has 0 aliphatic heterocycles. The summed E-state index contributed by atoms with van der Waals surface area (Å²) in [4.78, 5) is 28.9. The third-order valence-electron chi connectivity index (χ3n) is 4.96. The average Bonchev–Trinajstić information content (AvgIpc) is 3.12. The Balaban J connectivity index is 1.51. The number of ether oxygens (including phenoxy) is 1. The maximum absolute atomic E-state index is 12.4. The molecule has 4 aromatic rings. The summed E-state index contributed by atoms with van der Waals surface area (Å²) in [5.74, 6) is 1.08. The van der Waals surface area contributed by atoms with Gasteiger partial charge in [0.2, 0.25) is 5.95 Å². The maximum Gasteiger partial charge on any atom is 0.332 e. The molecular weight excluding hydrogens is 396 g/mol. The van der Waals surface area contributed by atoms with Gasteiger partial charge < -0.3 is 9.30 Å². The van der Waals surface area contributed by atoms with Crippen molar-refractivity contribution in [2.24, 2.45) is 26.2 Å². The van der Waals surface area contributed by atoms with Crippen LogP contribution in [0.15, 0.2) is 69.3 Å². The van der Waals surface area contributed by atoms with Crippen molar-refractivity contribution in [2.45, 2.75) is 6.61 Å². The van der Waals surface area contributed by atoms with Crippen molar-refractivity contribution in [1.82, 2.24) is 18.7 Å². The van der Waals surface area contributed by atoms with E-state index in [1.807, 2.05) is 54.6 Å². The zero-order valence-corrected chi connectivity index (χ0v) is 17.4. The van der Waals surface area contributed by atoms with Gasteiger partial charge in [-0.25, -0.2) is 10.2 Å². The molecule has 0 unspecified atom stereocenters. The lowest BCUT2D eigenvalue weighted by molar-refractivity contribution is 0.306. The molecule has 1 N–H and O–H groups in total. The van der Waals surface area contributed by atoms with Crippen molar-refractivity contribution in [1.29, 1.82) is 0 Å². The van der Waals surface area contributed by atoms with Crippen LogP contribution >= 0.6 is 0 Å². The Morgan fingerprint density at radius 2 is 1.77 bits per heavy atom. The Labute approximate surface area is 177 Å². The fraction of sp³-hybridized carbons (Fsp3) is 0.182. The van der Waals surface area contributed by atoms with E-state index in [1.165, 1.54) is 11.6 Å². The van der Waals surface area contributed by atoms with E-state index < -0.39 is 11.2 Å². The second kappa shape index (κ2) is 8.31. The molecule has 4 rings (SSSR count). The minimum absolute atomic E-state index is 0.296. The molecule has 0 amide bonds. The fourth-order valence-corrected chi connectivity index (χ4v) is 3.21. The van der Waals surface area contributed by atoms with Gasteiger partial charge in [-0.05, 0) is 23.3 Å². The van der Waals surface area contributed by atoms with E-state index >= 15 is 0 Å². The number of aryl methyl sites for hydroxylation is 2. The number of hydrogen-bond donors (Lipinski definition) is 1. The Morgan fingerprint density at radius 1 is 1.00 bits per heavy atom. The van der Waals surface area contributed by atoms with Crippen molar-refractivity contribution < 1.29 is 4.74 Å². The van der Waals surface area contributed by atoms with Crippen molar-refractivity contribution in [2.75, 3.05) is 5.43 Å². The normalized spacial score (nSPS) is 11.3. The molecule has 0 radical (unpaired) electrons. The van der Waals surface area contributed by atoms with Crippen molar-refractivity contribution >= 4 is 23.3 Å². The predicted molar refractivity (Wildman–Crippen MR) is 120 cm³/mol. The van der Waals surface area contributed by atoms with E-state index in [1.54, 1.807) is 24.9 Å². The van der Waals surface area contributed by atoms with E-state index in [-0.39, 0.29) is 0 Å². The second-order valence-electron chi connectivity index (χ2n) is 7.09. The molecule has 31 heavy (non-hydrogen) atoms. The van der Waals surface area contributed by atoms with Crippen LogP contribution in [0.3, 0.4) is 0 Å². The van der Waals surface area contributed by atoms with Gasteiger partial charge in [0.05, 0.1) is 6.21 Å². The third-order valence-corrected chi connectivity index (χ3v) is 4.96. The maximum atomic E-state index is 12.4. The van der Waals surface area contributed by atoms with Gasteiger partial charge in [0, 0.05) is 21.1 Å². The van der Waals surface area contributed by atoms with Crippen molar-refractivity contribution in [3.05, 3.63) is 86.6 Å². The minimum Gasteiger partial charge on any atom is -0.489 e. The molecule has 0 saturated carbocycles. The first kappa shape index (κ1) is 20.1. The summed E-state index contributed by atoms with van der Waals surface area (Å²) < 4.78 is 9.80. The molecule has 2 aromatic carbocycles. The standard InChI is InChI=1S/C22H22N6O3/c1-26-18-19(27(2)22(30)28(3)20(18)29)24-21(26)25-23-13-16-10-7-11-17(12-16)31-14-15-8-5-4-6-9-15/h4-13H,14H2,1-3H3,(H,24,25)/b23-13-. The van der Waals surface area contributed by atoms with Gasteiger partial charge in [0.25, 0.3) is 5.56 Å². The van der Waals surface area contributed by atoms with Crippen LogP contribution in [0, 0.1) is 0 Å². The largest absolute Gasteiger partial charge is 0.489 e. The highest BCUT2D eigenvalue weighted by atomic mass is 16.5. The number of aromatic nitrogens is 4. The molecule has 0 fully saturated rings. The highest BCUT2D eigenvalue weighted by molar-refractivity contribution is 5.81. The number of rotatable bonds is 6. The smallest absolute Gasteiger partial charge is 0.332 e. The minimum atomic E-state index is -0.432. The number of hydrazone groups is 1. The van der Waals surface area contributed by atoms with Gasteiger partial charge in [-0.15, -0.1) is 0 Å². The van der Waals surface area contributed by atoms with Crippen LogP contribution in [0.1, 0.15) is 11.1 Å². The molecule has 0 atom stereocenters. The predicted octanol–water partition coefficient (Wildman–Crippen LogP) is 2.00. The molecule has 9 heteroatoms. The Morgan fingerprint density at radius 3 is 2.55 bits per heavy atom. The van der Waals surface area contributed by atoms with E-state index in [2.05, 4.69) is 15.5 Å². The molecule has 2 aromatic heterocycles. The summed E-state index contributed by atoms with van der Waals surface area (Å²) in [5.41, 5.74) is 4.53. The first-order valence-electron chi connectivity index (χ1n) is 9.64. The molecule has 2 heterocycles.